The van der Waals surface area contributed by atoms with Crippen LogP contribution < -0.4 is 5.32 Å². The van der Waals surface area contributed by atoms with E-state index in [1.165, 1.54) is 6.92 Å². The summed E-state index contributed by atoms with van der Waals surface area (Å²) >= 11 is 0. The summed E-state index contributed by atoms with van der Waals surface area (Å²) < 4.78 is 39.2. The fourth-order valence-corrected chi connectivity index (χ4v) is 2.73. The molecule has 6 nitrogen and oxygen atoms in total. The van der Waals surface area contributed by atoms with Gasteiger partial charge < -0.3 is 10.2 Å². The van der Waals surface area contributed by atoms with Crippen LogP contribution in [-0.2, 0) is 22.3 Å². The van der Waals surface area contributed by atoms with Gasteiger partial charge in [0, 0.05) is 31.7 Å². The first kappa shape index (κ1) is 19.3. The van der Waals surface area contributed by atoms with E-state index in [1.807, 2.05) is 0 Å². The molecule has 1 aliphatic rings. The van der Waals surface area contributed by atoms with Gasteiger partial charge in [0.1, 0.15) is 6.54 Å². The Morgan fingerprint density at radius 3 is 2.64 bits per heavy atom. The van der Waals surface area contributed by atoms with E-state index in [1.54, 1.807) is 4.90 Å². The van der Waals surface area contributed by atoms with E-state index in [0.29, 0.717) is 13.1 Å². The van der Waals surface area contributed by atoms with Gasteiger partial charge in [0.2, 0.25) is 11.8 Å². The lowest BCUT2D eigenvalue weighted by atomic mass is 10.2. The standard InChI is InChI=1S/C16H23F3N4O2/c1-12-10-13(16(17,18)19)21-23(12)11-15(25)22-8-5-3-2-4-7-20-14(24)6-9-22/h10H,2-9,11H2,1H3,(H,20,24). The number of nitrogens with zero attached hydrogens (tertiary/aromatic N) is 3. The van der Waals surface area contributed by atoms with Crippen molar-refractivity contribution in [3.63, 3.8) is 0 Å². The number of hydrogen-bond donors (Lipinski definition) is 1. The van der Waals surface area contributed by atoms with Crippen LogP contribution in [0.5, 0.6) is 0 Å². The first-order valence-electron chi connectivity index (χ1n) is 8.43. The highest BCUT2D eigenvalue weighted by Gasteiger charge is 2.34. The minimum absolute atomic E-state index is 0.116. The first-order chi connectivity index (χ1) is 11.8. The van der Waals surface area contributed by atoms with Gasteiger partial charge in [0.15, 0.2) is 5.69 Å². The number of nitrogens with one attached hydrogen (secondary N) is 1. The minimum atomic E-state index is -4.54. The number of rotatable bonds is 2. The fourth-order valence-electron chi connectivity index (χ4n) is 2.73. The lowest BCUT2D eigenvalue weighted by Gasteiger charge is -2.22. The summed E-state index contributed by atoms with van der Waals surface area (Å²) in [5, 5.41) is 6.29. The normalized spacial score (nSPS) is 17.8. The summed E-state index contributed by atoms with van der Waals surface area (Å²) in [4.78, 5) is 25.7. The van der Waals surface area contributed by atoms with E-state index in [9.17, 15) is 22.8 Å². The predicted molar refractivity (Wildman–Crippen MR) is 84.6 cm³/mol. The molecule has 0 bridgehead atoms. The molecule has 0 spiro atoms. The Bertz CT molecular complexity index is 613. The van der Waals surface area contributed by atoms with E-state index in [2.05, 4.69) is 10.4 Å². The third-order valence-electron chi connectivity index (χ3n) is 4.20. The molecule has 1 N–H and O–H groups in total. The predicted octanol–water partition coefficient (Wildman–Crippen LogP) is 2.12. The molecule has 0 aromatic carbocycles. The molecule has 1 saturated heterocycles. The Morgan fingerprint density at radius 2 is 1.96 bits per heavy atom. The zero-order valence-electron chi connectivity index (χ0n) is 14.2. The van der Waals surface area contributed by atoms with Gasteiger partial charge in [-0.1, -0.05) is 12.8 Å². The van der Waals surface area contributed by atoms with Gasteiger partial charge >= 0.3 is 6.18 Å². The molecule has 9 heteroatoms. The Balaban J connectivity index is 2.03. The highest BCUT2D eigenvalue weighted by atomic mass is 19.4. The monoisotopic (exact) mass is 360 g/mol. The summed E-state index contributed by atoms with van der Waals surface area (Å²) in [6.45, 7) is 2.62. The smallest absolute Gasteiger partial charge is 0.356 e. The molecule has 1 aliphatic heterocycles. The van der Waals surface area contributed by atoms with Gasteiger partial charge in [-0.15, -0.1) is 0 Å². The molecule has 0 aliphatic carbocycles. The van der Waals surface area contributed by atoms with Crippen molar-refractivity contribution in [2.24, 2.45) is 0 Å². The van der Waals surface area contributed by atoms with Gasteiger partial charge in [-0.2, -0.15) is 18.3 Å². The zero-order chi connectivity index (χ0) is 18.4. The molecular weight excluding hydrogens is 337 g/mol. The average Bonchev–Trinajstić information content (AvgIpc) is 2.87. The van der Waals surface area contributed by atoms with Crippen LogP contribution in [0.2, 0.25) is 0 Å². The number of carbonyl (C=O) groups is 2. The fraction of sp³-hybridized carbons (Fsp3) is 0.688. The van der Waals surface area contributed by atoms with Crippen LogP contribution in [-0.4, -0.2) is 46.1 Å². The van der Waals surface area contributed by atoms with Gasteiger partial charge in [-0.05, 0) is 25.8 Å². The number of aryl methyl sites for hydroxylation is 1. The largest absolute Gasteiger partial charge is 0.435 e. The molecule has 25 heavy (non-hydrogen) atoms. The van der Waals surface area contributed by atoms with E-state index in [4.69, 9.17) is 0 Å². The number of amides is 2. The van der Waals surface area contributed by atoms with E-state index in [0.717, 1.165) is 36.4 Å². The SMILES string of the molecule is Cc1cc(C(F)(F)F)nn1CC(=O)N1CCCCCCNC(=O)CC1. The summed E-state index contributed by atoms with van der Waals surface area (Å²) in [6, 6.07) is 0.924. The molecule has 0 radical (unpaired) electrons. The topological polar surface area (TPSA) is 67.2 Å². The highest BCUT2D eigenvalue weighted by Crippen LogP contribution is 2.28. The Kier molecular flexibility index (Phi) is 6.44. The molecular formula is C16H23F3N4O2. The number of alkyl halides is 3. The molecule has 2 rings (SSSR count). The van der Waals surface area contributed by atoms with Crippen LogP contribution >= 0.6 is 0 Å². The Labute approximate surface area is 144 Å². The second-order valence-electron chi connectivity index (χ2n) is 6.22. The van der Waals surface area contributed by atoms with Crippen LogP contribution in [0.4, 0.5) is 13.2 Å². The second kappa shape index (κ2) is 8.35. The Hall–Kier alpha value is -2.06. The second-order valence-corrected chi connectivity index (χ2v) is 6.22. The molecule has 1 fully saturated rings. The van der Waals surface area contributed by atoms with Gasteiger partial charge in [-0.25, -0.2) is 0 Å². The lowest BCUT2D eigenvalue weighted by Crippen LogP contribution is -2.38. The minimum Gasteiger partial charge on any atom is -0.356 e. The maximum absolute atomic E-state index is 12.7. The summed E-state index contributed by atoms with van der Waals surface area (Å²) in [6.07, 6.45) is -0.712. The van der Waals surface area contributed by atoms with Crippen molar-refractivity contribution in [2.75, 3.05) is 19.6 Å². The van der Waals surface area contributed by atoms with Crippen LogP contribution in [0.1, 0.15) is 43.5 Å². The lowest BCUT2D eigenvalue weighted by molar-refractivity contribution is -0.142. The average molecular weight is 360 g/mol. The molecule has 0 saturated carbocycles. The molecule has 2 amide bonds. The van der Waals surface area contributed by atoms with Crippen molar-refractivity contribution in [1.29, 1.82) is 0 Å². The van der Waals surface area contributed by atoms with Crippen LogP contribution in [0.3, 0.4) is 0 Å². The van der Waals surface area contributed by atoms with Crippen LogP contribution in [0.15, 0.2) is 6.07 Å². The molecule has 1 aromatic rings. The highest BCUT2D eigenvalue weighted by molar-refractivity contribution is 5.79. The van der Waals surface area contributed by atoms with Crippen molar-refractivity contribution in [3.8, 4) is 0 Å². The van der Waals surface area contributed by atoms with Gasteiger partial charge in [0.25, 0.3) is 0 Å². The Morgan fingerprint density at radius 1 is 1.24 bits per heavy atom. The molecule has 0 unspecified atom stereocenters. The number of carbonyl (C=O) groups excluding carboxylic acids is 2. The maximum atomic E-state index is 12.7. The zero-order valence-corrected chi connectivity index (χ0v) is 14.2. The molecule has 0 atom stereocenters. The summed E-state index contributed by atoms with van der Waals surface area (Å²) in [5.41, 5.74) is -0.731. The van der Waals surface area contributed by atoms with Gasteiger partial charge in [0.05, 0.1) is 0 Å². The number of halogens is 3. The van der Waals surface area contributed by atoms with E-state index < -0.39 is 11.9 Å². The first-order valence-corrected chi connectivity index (χ1v) is 8.43. The number of aromatic nitrogens is 2. The van der Waals surface area contributed by atoms with Crippen molar-refractivity contribution in [2.45, 2.75) is 51.7 Å². The third-order valence-corrected chi connectivity index (χ3v) is 4.20. The van der Waals surface area contributed by atoms with E-state index in [-0.39, 0.29) is 37.0 Å². The van der Waals surface area contributed by atoms with E-state index >= 15 is 0 Å². The quantitative estimate of drug-likeness (QED) is 0.879. The van der Waals surface area contributed by atoms with Crippen molar-refractivity contribution >= 4 is 11.8 Å². The summed E-state index contributed by atoms with van der Waals surface area (Å²) in [5.74, 6) is -0.443. The maximum Gasteiger partial charge on any atom is 0.435 e. The van der Waals surface area contributed by atoms with Gasteiger partial charge in [-0.3, -0.25) is 14.3 Å². The van der Waals surface area contributed by atoms with Crippen LogP contribution in [0.25, 0.3) is 0 Å². The molecule has 1 aromatic heterocycles. The molecule has 2 heterocycles. The molecule has 140 valence electrons. The van der Waals surface area contributed by atoms with Crippen molar-refractivity contribution in [1.82, 2.24) is 20.0 Å². The van der Waals surface area contributed by atoms with Crippen LogP contribution in [0, 0.1) is 6.92 Å². The third kappa shape index (κ3) is 5.75. The summed E-state index contributed by atoms with van der Waals surface area (Å²) in [7, 11) is 0. The van der Waals surface area contributed by atoms with Crippen molar-refractivity contribution in [3.05, 3.63) is 17.5 Å². The number of hydrogen-bond acceptors (Lipinski definition) is 3. The van der Waals surface area contributed by atoms with Crippen molar-refractivity contribution < 1.29 is 22.8 Å².